The highest BCUT2D eigenvalue weighted by atomic mass is 16.5. The van der Waals surface area contributed by atoms with E-state index in [1.807, 2.05) is 6.07 Å². The largest absolute Gasteiger partial charge is 0.493 e. The average Bonchev–Trinajstić information content (AvgIpc) is 2.42. The van der Waals surface area contributed by atoms with Gasteiger partial charge in [0.2, 0.25) is 0 Å². The summed E-state index contributed by atoms with van der Waals surface area (Å²) in [6.07, 6.45) is 6.05. The van der Waals surface area contributed by atoms with Gasteiger partial charge in [0, 0.05) is 5.56 Å². The maximum absolute atomic E-state index is 11.3. The maximum Gasteiger partial charge on any atom is 0.161 e. The number of rotatable bonds is 9. The number of hydrogen-bond donors (Lipinski definition) is 0. The Morgan fingerprint density at radius 2 is 1.84 bits per heavy atom. The summed E-state index contributed by atoms with van der Waals surface area (Å²) in [7, 11) is 1.59. The quantitative estimate of drug-likeness (QED) is 0.494. The van der Waals surface area contributed by atoms with Crippen molar-refractivity contribution >= 4 is 5.78 Å². The normalized spacial score (nSPS) is 10.3. The summed E-state index contributed by atoms with van der Waals surface area (Å²) in [5.41, 5.74) is 0.646. The van der Waals surface area contributed by atoms with Crippen LogP contribution in [0.15, 0.2) is 18.2 Å². The molecule has 0 spiro atoms. The van der Waals surface area contributed by atoms with E-state index in [1.54, 1.807) is 26.2 Å². The minimum atomic E-state index is 0.0319. The number of methoxy groups -OCH3 is 1. The molecular formula is C16H24O3. The third-order valence-corrected chi connectivity index (χ3v) is 3.08. The van der Waals surface area contributed by atoms with E-state index in [9.17, 15) is 4.79 Å². The lowest BCUT2D eigenvalue weighted by molar-refractivity contribution is 0.101. The Kier molecular flexibility index (Phi) is 7.01. The smallest absolute Gasteiger partial charge is 0.161 e. The van der Waals surface area contributed by atoms with Crippen molar-refractivity contribution in [1.82, 2.24) is 0 Å². The standard InChI is InChI=1S/C16H24O3/c1-4-5-6-7-8-11-19-15-10-9-14(13(2)17)12-16(15)18-3/h9-10,12H,4-8,11H2,1-3H3. The molecule has 0 fully saturated rings. The number of carbonyl (C=O) groups is 1. The van der Waals surface area contributed by atoms with Crippen LogP contribution < -0.4 is 9.47 Å². The molecule has 0 aliphatic carbocycles. The summed E-state index contributed by atoms with van der Waals surface area (Å²) in [6, 6.07) is 5.31. The first-order chi connectivity index (χ1) is 9.19. The van der Waals surface area contributed by atoms with Crippen molar-refractivity contribution in [2.45, 2.75) is 46.0 Å². The molecule has 0 saturated carbocycles. The first-order valence-electron chi connectivity index (χ1n) is 7.00. The molecule has 0 unspecified atom stereocenters. The first-order valence-corrected chi connectivity index (χ1v) is 7.00. The zero-order valence-corrected chi connectivity index (χ0v) is 12.2. The molecule has 3 nitrogen and oxygen atoms in total. The minimum absolute atomic E-state index is 0.0319. The van der Waals surface area contributed by atoms with Crippen LogP contribution in [0.1, 0.15) is 56.3 Å². The number of ether oxygens (including phenoxy) is 2. The van der Waals surface area contributed by atoms with E-state index in [2.05, 4.69) is 6.92 Å². The lowest BCUT2D eigenvalue weighted by atomic mass is 10.1. The zero-order valence-electron chi connectivity index (χ0n) is 12.2. The fraction of sp³-hybridized carbons (Fsp3) is 0.562. The highest BCUT2D eigenvalue weighted by molar-refractivity contribution is 5.94. The summed E-state index contributed by atoms with van der Waals surface area (Å²) in [5, 5.41) is 0. The number of hydrogen-bond acceptors (Lipinski definition) is 3. The van der Waals surface area contributed by atoms with Crippen LogP contribution in [0.5, 0.6) is 11.5 Å². The van der Waals surface area contributed by atoms with E-state index in [0.717, 1.165) is 6.42 Å². The lowest BCUT2D eigenvalue weighted by Crippen LogP contribution is -2.01. The van der Waals surface area contributed by atoms with Gasteiger partial charge in [-0.1, -0.05) is 32.6 Å². The molecule has 0 N–H and O–H groups in total. The van der Waals surface area contributed by atoms with Gasteiger partial charge in [-0.25, -0.2) is 0 Å². The molecule has 0 heterocycles. The molecule has 3 heteroatoms. The van der Waals surface area contributed by atoms with Crippen LogP contribution in [0, 0.1) is 0 Å². The number of ketones is 1. The fourth-order valence-corrected chi connectivity index (χ4v) is 1.89. The van der Waals surface area contributed by atoms with Crippen LogP contribution in [-0.2, 0) is 0 Å². The van der Waals surface area contributed by atoms with Crippen molar-refractivity contribution in [2.24, 2.45) is 0 Å². The van der Waals surface area contributed by atoms with Gasteiger partial charge in [-0.2, -0.15) is 0 Å². The van der Waals surface area contributed by atoms with Crippen LogP contribution in [0.2, 0.25) is 0 Å². The molecule has 0 bridgehead atoms. The Morgan fingerprint density at radius 1 is 1.11 bits per heavy atom. The third-order valence-electron chi connectivity index (χ3n) is 3.08. The molecular weight excluding hydrogens is 240 g/mol. The van der Waals surface area contributed by atoms with Crippen molar-refractivity contribution in [1.29, 1.82) is 0 Å². The van der Waals surface area contributed by atoms with E-state index in [-0.39, 0.29) is 5.78 Å². The Morgan fingerprint density at radius 3 is 2.47 bits per heavy atom. The minimum Gasteiger partial charge on any atom is -0.493 e. The predicted molar refractivity (Wildman–Crippen MR) is 77.3 cm³/mol. The van der Waals surface area contributed by atoms with Gasteiger partial charge in [-0.05, 0) is 31.5 Å². The van der Waals surface area contributed by atoms with Gasteiger partial charge in [-0.3, -0.25) is 4.79 Å². The van der Waals surface area contributed by atoms with Crippen molar-refractivity contribution in [3.63, 3.8) is 0 Å². The molecule has 0 aromatic heterocycles. The van der Waals surface area contributed by atoms with Crippen molar-refractivity contribution in [3.8, 4) is 11.5 Å². The topological polar surface area (TPSA) is 35.5 Å². The molecule has 0 atom stereocenters. The molecule has 0 aliphatic rings. The van der Waals surface area contributed by atoms with Crippen LogP contribution in [-0.4, -0.2) is 19.5 Å². The molecule has 0 aliphatic heterocycles. The molecule has 1 aromatic carbocycles. The molecule has 19 heavy (non-hydrogen) atoms. The fourth-order valence-electron chi connectivity index (χ4n) is 1.89. The Balaban J connectivity index is 2.47. The summed E-state index contributed by atoms with van der Waals surface area (Å²) < 4.78 is 11.0. The van der Waals surface area contributed by atoms with Gasteiger partial charge in [0.05, 0.1) is 13.7 Å². The van der Waals surface area contributed by atoms with Crippen LogP contribution in [0.3, 0.4) is 0 Å². The number of unbranched alkanes of at least 4 members (excludes halogenated alkanes) is 4. The molecule has 0 saturated heterocycles. The van der Waals surface area contributed by atoms with Gasteiger partial charge in [-0.15, -0.1) is 0 Å². The van der Waals surface area contributed by atoms with E-state index >= 15 is 0 Å². The van der Waals surface area contributed by atoms with Crippen molar-refractivity contribution < 1.29 is 14.3 Å². The van der Waals surface area contributed by atoms with Gasteiger partial charge in [0.15, 0.2) is 17.3 Å². The third kappa shape index (κ3) is 5.33. The Hall–Kier alpha value is -1.51. The molecule has 0 amide bonds. The highest BCUT2D eigenvalue weighted by Crippen LogP contribution is 2.28. The van der Waals surface area contributed by atoms with E-state index in [4.69, 9.17) is 9.47 Å². The summed E-state index contributed by atoms with van der Waals surface area (Å²) in [4.78, 5) is 11.3. The Bertz CT molecular complexity index is 399. The van der Waals surface area contributed by atoms with Crippen LogP contribution in [0.4, 0.5) is 0 Å². The van der Waals surface area contributed by atoms with Crippen molar-refractivity contribution in [2.75, 3.05) is 13.7 Å². The molecule has 1 aromatic rings. The second-order valence-electron chi connectivity index (χ2n) is 4.68. The summed E-state index contributed by atoms with van der Waals surface area (Å²) in [6.45, 7) is 4.44. The van der Waals surface area contributed by atoms with Crippen molar-refractivity contribution in [3.05, 3.63) is 23.8 Å². The first kappa shape index (κ1) is 15.5. The monoisotopic (exact) mass is 264 g/mol. The van der Waals surface area contributed by atoms with Crippen LogP contribution in [0.25, 0.3) is 0 Å². The second-order valence-corrected chi connectivity index (χ2v) is 4.68. The second kappa shape index (κ2) is 8.57. The van der Waals surface area contributed by atoms with Gasteiger partial charge in [0.1, 0.15) is 0 Å². The van der Waals surface area contributed by atoms with Gasteiger partial charge >= 0.3 is 0 Å². The summed E-state index contributed by atoms with van der Waals surface area (Å²) >= 11 is 0. The van der Waals surface area contributed by atoms with Crippen LogP contribution >= 0.6 is 0 Å². The maximum atomic E-state index is 11.3. The molecule has 1 rings (SSSR count). The van der Waals surface area contributed by atoms with E-state index in [1.165, 1.54) is 25.7 Å². The molecule has 106 valence electrons. The molecule has 0 radical (unpaired) electrons. The number of benzene rings is 1. The Labute approximate surface area is 115 Å². The number of carbonyl (C=O) groups excluding carboxylic acids is 1. The zero-order chi connectivity index (χ0) is 14.1. The SMILES string of the molecule is CCCCCCCOc1ccc(C(C)=O)cc1OC. The van der Waals surface area contributed by atoms with Gasteiger partial charge < -0.3 is 9.47 Å². The highest BCUT2D eigenvalue weighted by Gasteiger charge is 2.08. The number of Topliss-reactive ketones (excluding diaryl/α,β-unsaturated/α-hetero) is 1. The lowest BCUT2D eigenvalue weighted by Gasteiger charge is -2.11. The van der Waals surface area contributed by atoms with E-state index in [0.29, 0.717) is 23.7 Å². The van der Waals surface area contributed by atoms with E-state index < -0.39 is 0 Å². The predicted octanol–water partition coefficient (Wildman–Crippen LogP) is 4.25. The average molecular weight is 264 g/mol. The van der Waals surface area contributed by atoms with Gasteiger partial charge in [0.25, 0.3) is 0 Å². The summed E-state index contributed by atoms with van der Waals surface area (Å²) in [5.74, 6) is 1.37.